The third-order valence-electron chi connectivity index (χ3n) is 4.83. The first-order valence-electron chi connectivity index (χ1n) is 8.91. The molecule has 0 spiro atoms. The van der Waals surface area contributed by atoms with Crippen molar-refractivity contribution in [2.45, 2.75) is 25.5 Å². The Labute approximate surface area is 165 Å². The Kier molecular flexibility index (Phi) is 6.12. The van der Waals surface area contributed by atoms with E-state index in [4.69, 9.17) is 0 Å². The van der Waals surface area contributed by atoms with Crippen molar-refractivity contribution in [2.24, 2.45) is 5.92 Å². The Morgan fingerprint density at radius 3 is 2.38 bits per heavy atom. The minimum atomic E-state index is -1.74. The van der Waals surface area contributed by atoms with Gasteiger partial charge in [-0.3, -0.25) is 0 Å². The molecule has 152 valence electrons. The number of allylic oxidation sites excluding steroid dienone is 1. The molecular weight excluding hydrogens is 386 g/mol. The maximum absolute atomic E-state index is 14.5. The van der Waals surface area contributed by atoms with Crippen molar-refractivity contribution in [3.05, 3.63) is 89.5 Å². The standard InChI is InChI=1S/C21H19F4N3O/c1-14(3-2-4-15-5-6-16(22)9-19(15)24)21(29,11-28-13-26-12-27-28)18-8-7-17(23)10-20(18)25/h2,4-10,12-14,29H,3,11H2,1H3/b4-2+/t14-,21+/m0/s1. The second-order valence-corrected chi connectivity index (χ2v) is 6.85. The van der Waals surface area contributed by atoms with Crippen LogP contribution in [0.15, 0.2) is 55.1 Å². The minimum absolute atomic E-state index is 0.0803. The van der Waals surface area contributed by atoms with Crippen LogP contribution in [0.4, 0.5) is 17.6 Å². The summed E-state index contributed by atoms with van der Waals surface area (Å²) < 4.78 is 56.0. The van der Waals surface area contributed by atoms with E-state index in [9.17, 15) is 22.7 Å². The number of aliphatic hydroxyl groups is 1. The fourth-order valence-electron chi connectivity index (χ4n) is 3.14. The SMILES string of the molecule is C[C@@H](C/C=C/c1ccc(F)cc1F)[C@](O)(Cn1cncn1)c1ccc(F)cc1F. The lowest BCUT2D eigenvalue weighted by molar-refractivity contribution is -0.0379. The number of nitrogens with zero attached hydrogens (tertiary/aromatic N) is 3. The summed E-state index contributed by atoms with van der Waals surface area (Å²) in [7, 11) is 0. The van der Waals surface area contributed by atoms with E-state index >= 15 is 0 Å². The van der Waals surface area contributed by atoms with Crippen molar-refractivity contribution in [2.75, 3.05) is 0 Å². The van der Waals surface area contributed by atoms with Gasteiger partial charge in [0.25, 0.3) is 0 Å². The van der Waals surface area contributed by atoms with Crippen LogP contribution in [0.2, 0.25) is 0 Å². The van der Waals surface area contributed by atoms with E-state index in [-0.39, 0.29) is 24.1 Å². The molecule has 8 heteroatoms. The average molecular weight is 405 g/mol. The fraction of sp³-hybridized carbons (Fsp3) is 0.238. The molecule has 0 aliphatic carbocycles. The maximum atomic E-state index is 14.5. The van der Waals surface area contributed by atoms with Gasteiger partial charge in [0.2, 0.25) is 0 Å². The van der Waals surface area contributed by atoms with E-state index < -0.39 is 34.8 Å². The van der Waals surface area contributed by atoms with Crippen LogP contribution in [-0.4, -0.2) is 19.9 Å². The summed E-state index contributed by atoms with van der Waals surface area (Å²) in [6.07, 6.45) is 5.96. The van der Waals surface area contributed by atoms with Crippen LogP contribution < -0.4 is 0 Å². The fourth-order valence-corrected chi connectivity index (χ4v) is 3.14. The largest absolute Gasteiger partial charge is 0.383 e. The van der Waals surface area contributed by atoms with Gasteiger partial charge in [0, 0.05) is 23.3 Å². The van der Waals surface area contributed by atoms with Crippen LogP contribution in [-0.2, 0) is 12.1 Å². The van der Waals surface area contributed by atoms with Gasteiger partial charge in [0.05, 0.1) is 6.54 Å². The molecule has 1 aromatic heterocycles. The van der Waals surface area contributed by atoms with E-state index in [1.165, 1.54) is 35.5 Å². The predicted molar refractivity (Wildman–Crippen MR) is 99.4 cm³/mol. The third-order valence-corrected chi connectivity index (χ3v) is 4.83. The molecule has 0 aliphatic heterocycles. The Bertz CT molecular complexity index is 1010. The molecule has 0 fully saturated rings. The van der Waals surface area contributed by atoms with Crippen molar-refractivity contribution in [1.29, 1.82) is 0 Å². The van der Waals surface area contributed by atoms with Crippen LogP contribution in [0.1, 0.15) is 24.5 Å². The molecule has 29 heavy (non-hydrogen) atoms. The van der Waals surface area contributed by atoms with Gasteiger partial charge in [-0.2, -0.15) is 5.10 Å². The van der Waals surface area contributed by atoms with Crippen LogP contribution in [0.25, 0.3) is 6.08 Å². The van der Waals surface area contributed by atoms with Crippen molar-refractivity contribution < 1.29 is 22.7 Å². The van der Waals surface area contributed by atoms with E-state index in [0.717, 1.165) is 18.2 Å². The molecular formula is C21H19F4N3O. The third kappa shape index (κ3) is 4.71. The first-order valence-corrected chi connectivity index (χ1v) is 8.91. The molecule has 0 saturated carbocycles. The first-order chi connectivity index (χ1) is 13.8. The highest BCUT2D eigenvalue weighted by molar-refractivity contribution is 5.49. The Morgan fingerprint density at radius 2 is 1.76 bits per heavy atom. The van der Waals surface area contributed by atoms with E-state index in [1.807, 2.05) is 0 Å². The molecule has 3 aromatic rings. The monoisotopic (exact) mass is 405 g/mol. The molecule has 1 N–H and O–H groups in total. The highest BCUT2D eigenvalue weighted by Gasteiger charge is 2.38. The van der Waals surface area contributed by atoms with Crippen LogP contribution in [0, 0.1) is 29.2 Å². The van der Waals surface area contributed by atoms with Gasteiger partial charge in [-0.05, 0) is 30.5 Å². The number of benzene rings is 2. The van der Waals surface area contributed by atoms with Crippen LogP contribution in [0.3, 0.4) is 0 Å². The molecule has 4 nitrogen and oxygen atoms in total. The zero-order valence-corrected chi connectivity index (χ0v) is 15.6. The molecule has 0 bridgehead atoms. The molecule has 0 unspecified atom stereocenters. The topological polar surface area (TPSA) is 50.9 Å². The van der Waals surface area contributed by atoms with Gasteiger partial charge < -0.3 is 5.11 Å². The summed E-state index contributed by atoms with van der Waals surface area (Å²) >= 11 is 0. The molecule has 0 radical (unpaired) electrons. The normalized spacial score (nSPS) is 14.8. The molecule has 3 rings (SSSR count). The van der Waals surface area contributed by atoms with Crippen LogP contribution in [0.5, 0.6) is 0 Å². The molecule has 2 aromatic carbocycles. The number of rotatable bonds is 7. The Balaban J connectivity index is 1.87. The van der Waals surface area contributed by atoms with Crippen molar-refractivity contribution in [3.8, 4) is 0 Å². The molecule has 0 amide bonds. The molecule has 0 saturated heterocycles. The zero-order valence-electron chi connectivity index (χ0n) is 15.6. The van der Waals surface area contributed by atoms with Crippen molar-refractivity contribution in [3.63, 3.8) is 0 Å². The average Bonchev–Trinajstić information content (AvgIpc) is 3.16. The van der Waals surface area contributed by atoms with Crippen molar-refractivity contribution in [1.82, 2.24) is 14.8 Å². The zero-order chi connectivity index (χ0) is 21.0. The summed E-state index contributed by atoms with van der Waals surface area (Å²) in [6.45, 7) is 1.57. The van der Waals surface area contributed by atoms with Gasteiger partial charge in [-0.25, -0.2) is 27.2 Å². The maximum Gasteiger partial charge on any atom is 0.137 e. The smallest absolute Gasteiger partial charge is 0.137 e. The second kappa shape index (κ2) is 8.57. The summed E-state index contributed by atoms with van der Waals surface area (Å²) in [4.78, 5) is 3.82. The van der Waals surface area contributed by atoms with E-state index in [2.05, 4.69) is 10.1 Å². The lowest BCUT2D eigenvalue weighted by atomic mass is 9.80. The lowest BCUT2D eigenvalue weighted by Gasteiger charge is -2.34. The molecule has 2 atom stereocenters. The summed E-state index contributed by atoms with van der Waals surface area (Å²) in [6, 6.07) is 6.19. The highest BCUT2D eigenvalue weighted by Crippen LogP contribution is 2.35. The second-order valence-electron chi connectivity index (χ2n) is 6.85. The molecule has 1 heterocycles. The van der Waals surface area contributed by atoms with Gasteiger partial charge in [0.1, 0.15) is 41.5 Å². The summed E-state index contributed by atoms with van der Waals surface area (Å²) in [5, 5.41) is 15.3. The Morgan fingerprint density at radius 1 is 1.07 bits per heavy atom. The van der Waals surface area contributed by atoms with E-state index in [0.29, 0.717) is 6.07 Å². The summed E-state index contributed by atoms with van der Waals surface area (Å²) in [5.41, 5.74) is -1.63. The van der Waals surface area contributed by atoms with Crippen molar-refractivity contribution >= 4 is 6.08 Å². The Hall–Kier alpha value is -3.00. The number of hydrogen-bond donors (Lipinski definition) is 1. The summed E-state index contributed by atoms with van der Waals surface area (Å²) in [5.74, 6) is -3.59. The van der Waals surface area contributed by atoms with E-state index in [1.54, 1.807) is 13.0 Å². The quantitative estimate of drug-likeness (QED) is 0.591. The van der Waals surface area contributed by atoms with Gasteiger partial charge in [-0.15, -0.1) is 0 Å². The van der Waals surface area contributed by atoms with Gasteiger partial charge >= 0.3 is 0 Å². The van der Waals surface area contributed by atoms with Gasteiger partial charge in [-0.1, -0.05) is 25.1 Å². The first kappa shape index (κ1) is 20.7. The minimum Gasteiger partial charge on any atom is -0.383 e. The number of aromatic nitrogens is 3. The molecule has 0 aliphatic rings. The lowest BCUT2D eigenvalue weighted by Crippen LogP contribution is -2.39. The number of hydrogen-bond acceptors (Lipinski definition) is 3. The predicted octanol–water partition coefficient (Wildman–Crippen LogP) is 4.46. The number of halogens is 4. The van der Waals surface area contributed by atoms with Crippen LogP contribution >= 0.6 is 0 Å². The highest BCUT2D eigenvalue weighted by atomic mass is 19.1. The van der Waals surface area contributed by atoms with Gasteiger partial charge in [0.15, 0.2) is 0 Å².